The van der Waals surface area contributed by atoms with Crippen LogP contribution >= 0.6 is 15.9 Å². The van der Waals surface area contributed by atoms with Gasteiger partial charge in [0, 0.05) is 22.9 Å². The van der Waals surface area contributed by atoms with E-state index in [2.05, 4.69) is 26.6 Å². The van der Waals surface area contributed by atoms with Gasteiger partial charge in [0.25, 0.3) is 5.91 Å². The van der Waals surface area contributed by atoms with Crippen molar-refractivity contribution in [1.29, 1.82) is 0 Å². The largest absolute Gasteiger partial charge is 0.327 e. The highest BCUT2D eigenvalue weighted by Crippen LogP contribution is 2.31. The van der Waals surface area contributed by atoms with Crippen LogP contribution in [0.4, 0.5) is 10.5 Å². The van der Waals surface area contributed by atoms with Crippen LogP contribution in [0.2, 0.25) is 0 Å². The van der Waals surface area contributed by atoms with E-state index in [1.165, 1.54) is 4.90 Å². The molecular weight excluding hydrogens is 394 g/mol. The molecule has 134 valence electrons. The molecule has 6 heteroatoms. The van der Waals surface area contributed by atoms with Crippen LogP contribution in [0.5, 0.6) is 0 Å². The monoisotopic (exact) mass is 413 g/mol. The number of amides is 3. The lowest BCUT2D eigenvalue weighted by Crippen LogP contribution is -2.46. The minimum Gasteiger partial charge on any atom is -0.327 e. The number of carbonyl (C=O) groups excluding carboxylic acids is 2. The van der Waals surface area contributed by atoms with Crippen molar-refractivity contribution in [2.45, 2.75) is 19.9 Å². The smallest absolute Gasteiger partial charge is 0.322 e. The minimum atomic E-state index is -0.503. The first kappa shape index (κ1) is 18.2. The Bertz CT molecular complexity index is 873. The summed E-state index contributed by atoms with van der Waals surface area (Å²) in [6.45, 7) is 3.78. The number of carbonyl (C=O) groups is 2. The van der Waals surface area contributed by atoms with E-state index < -0.39 is 6.04 Å². The summed E-state index contributed by atoms with van der Waals surface area (Å²) in [6, 6.07) is 14.5. The lowest BCUT2D eigenvalue weighted by atomic mass is 9.94. The van der Waals surface area contributed by atoms with Crippen molar-refractivity contribution in [3.63, 3.8) is 0 Å². The topological polar surface area (TPSA) is 61.4 Å². The Morgan fingerprint density at radius 3 is 2.31 bits per heavy atom. The molecule has 0 aromatic heterocycles. The summed E-state index contributed by atoms with van der Waals surface area (Å²) in [4.78, 5) is 26.7. The highest BCUT2D eigenvalue weighted by Gasteiger charge is 2.34. The van der Waals surface area contributed by atoms with Crippen LogP contribution in [0.15, 0.2) is 64.3 Å². The summed E-state index contributed by atoms with van der Waals surface area (Å²) in [5, 5.41) is 5.84. The number of aryl methyl sites for hydroxylation is 1. The number of nitrogens with zero attached hydrogens (tertiary/aromatic N) is 1. The van der Waals surface area contributed by atoms with E-state index in [9.17, 15) is 9.59 Å². The molecule has 0 spiro atoms. The molecule has 1 aliphatic rings. The van der Waals surface area contributed by atoms with Crippen LogP contribution in [-0.2, 0) is 4.79 Å². The first-order valence-electron chi connectivity index (χ1n) is 8.25. The molecule has 0 bridgehead atoms. The molecule has 0 unspecified atom stereocenters. The third-order valence-corrected chi connectivity index (χ3v) is 5.04. The van der Waals surface area contributed by atoms with Gasteiger partial charge in [-0.1, -0.05) is 45.8 Å². The molecule has 1 atom stereocenters. The molecular formula is C20H20BrN3O2. The number of halogens is 1. The molecule has 3 rings (SSSR count). The third kappa shape index (κ3) is 3.65. The zero-order valence-electron chi connectivity index (χ0n) is 14.8. The fraction of sp³-hybridized carbons (Fsp3) is 0.200. The van der Waals surface area contributed by atoms with Crippen LogP contribution in [-0.4, -0.2) is 23.9 Å². The van der Waals surface area contributed by atoms with Crippen molar-refractivity contribution in [2.75, 3.05) is 12.4 Å². The Morgan fingerprint density at radius 2 is 1.69 bits per heavy atom. The van der Waals surface area contributed by atoms with Gasteiger partial charge in [0.15, 0.2) is 0 Å². The second kappa shape index (κ2) is 7.33. The molecule has 0 radical (unpaired) electrons. The Labute approximate surface area is 161 Å². The average Bonchev–Trinajstić information content (AvgIpc) is 2.62. The van der Waals surface area contributed by atoms with Crippen LogP contribution in [0.25, 0.3) is 0 Å². The lowest BCUT2D eigenvalue weighted by molar-refractivity contribution is -0.113. The van der Waals surface area contributed by atoms with Crippen LogP contribution in [0.1, 0.15) is 24.1 Å². The van der Waals surface area contributed by atoms with Crippen LogP contribution in [0.3, 0.4) is 0 Å². The van der Waals surface area contributed by atoms with E-state index in [-0.39, 0.29) is 11.9 Å². The predicted molar refractivity (Wildman–Crippen MR) is 106 cm³/mol. The van der Waals surface area contributed by atoms with Gasteiger partial charge in [-0.2, -0.15) is 0 Å². The number of anilines is 1. The van der Waals surface area contributed by atoms with Crippen molar-refractivity contribution in [3.8, 4) is 0 Å². The number of hydrogen-bond donors (Lipinski definition) is 2. The molecule has 0 aliphatic carbocycles. The lowest BCUT2D eigenvalue weighted by Gasteiger charge is -2.33. The summed E-state index contributed by atoms with van der Waals surface area (Å²) in [5.41, 5.74) is 3.84. The zero-order valence-corrected chi connectivity index (χ0v) is 16.4. The second-order valence-corrected chi connectivity index (χ2v) is 7.23. The summed E-state index contributed by atoms with van der Waals surface area (Å²) >= 11 is 3.41. The summed E-state index contributed by atoms with van der Waals surface area (Å²) in [7, 11) is 1.65. The molecule has 2 aromatic rings. The Hall–Kier alpha value is -2.60. The van der Waals surface area contributed by atoms with Crippen molar-refractivity contribution in [2.24, 2.45) is 0 Å². The minimum absolute atomic E-state index is 0.230. The molecule has 2 aromatic carbocycles. The quantitative estimate of drug-likeness (QED) is 0.784. The van der Waals surface area contributed by atoms with Crippen molar-refractivity contribution >= 4 is 33.6 Å². The summed E-state index contributed by atoms with van der Waals surface area (Å²) < 4.78 is 0.937. The maximum Gasteiger partial charge on any atom is 0.322 e. The van der Waals surface area contributed by atoms with Gasteiger partial charge in [-0.15, -0.1) is 0 Å². The third-order valence-electron chi connectivity index (χ3n) is 4.51. The van der Waals surface area contributed by atoms with E-state index in [1.807, 2.05) is 55.5 Å². The van der Waals surface area contributed by atoms with E-state index in [1.54, 1.807) is 14.0 Å². The van der Waals surface area contributed by atoms with E-state index in [4.69, 9.17) is 0 Å². The van der Waals surface area contributed by atoms with Gasteiger partial charge in [0.1, 0.15) is 0 Å². The number of benzene rings is 2. The fourth-order valence-corrected chi connectivity index (χ4v) is 3.13. The van der Waals surface area contributed by atoms with Crippen LogP contribution in [0, 0.1) is 6.92 Å². The number of hydrogen-bond acceptors (Lipinski definition) is 2. The van der Waals surface area contributed by atoms with Crippen molar-refractivity contribution in [3.05, 3.63) is 75.4 Å². The molecule has 1 heterocycles. The normalized spacial score (nSPS) is 17.2. The number of allylic oxidation sites excluding steroid dienone is 1. The predicted octanol–water partition coefficient (Wildman–Crippen LogP) is 4.37. The SMILES string of the molecule is CC1=C(C(=O)Nc2ccc(C)cc2)[C@@H](c2ccc(Br)cc2)NC(=O)N1C. The van der Waals surface area contributed by atoms with Gasteiger partial charge < -0.3 is 15.5 Å². The molecule has 2 N–H and O–H groups in total. The first-order valence-corrected chi connectivity index (χ1v) is 9.04. The average molecular weight is 414 g/mol. The Kier molecular flexibility index (Phi) is 5.13. The molecule has 26 heavy (non-hydrogen) atoms. The second-order valence-electron chi connectivity index (χ2n) is 6.31. The van der Waals surface area contributed by atoms with Crippen LogP contribution < -0.4 is 10.6 Å². The zero-order chi connectivity index (χ0) is 18.8. The van der Waals surface area contributed by atoms with Crippen molar-refractivity contribution < 1.29 is 9.59 Å². The number of rotatable bonds is 3. The Balaban J connectivity index is 1.97. The fourth-order valence-electron chi connectivity index (χ4n) is 2.87. The van der Waals surface area contributed by atoms with Gasteiger partial charge in [0.05, 0.1) is 11.6 Å². The van der Waals surface area contributed by atoms with E-state index >= 15 is 0 Å². The summed E-state index contributed by atoms with van der Waals surface area (Å²) in [5.74, 6) is -0.230. The summed E-state index contributed by atoms with van der Waals surface area (Å²) in [6.07, 6.45) is 0. The molecule has 1 aliphatic heterocycles. The highest BCUT2D eigenvalue weighted by atomic mass is 79.9. The number of urea groups is 1. The van der Waals surface area contributed by atoms with Gasteiger partial charge >= 0.3 is 6.03 Å². The van der Waals surface area contributed by atoms with Gasteiger partial charge in [-0.25, -0.2) is 4.79 Å². The standard InChI is InChI=1S/C20H20BrN3O2/c1-12-4-10-16(11-5-12)22-19(25)17-13(2)24(3)20(26)23-18(17)14-6-8-15(21)9-7-14/h4-11,18H,1-3H3,(H,22,25)(H,23,26)/t18-/m1/s1. The first-order chi connectivity index (χ1) is 12.4. The van der Waals surface area contributed by atoms with E-state index in [0.29, 0.717) is 11.3 Å². The molecule has 0 saturated heterocycles. The molecule has 3 amide bonds. The molecule has 0 fully saturated rings. The van der Waals surface area contributed by atoms with Crippen molar-refractivity contribution in [1.82, 2.24) is 10.2 Å². The maximum absolute atomic E-state index is 13.0. The maximum atomic E-state index is 13.0. The Morgan fingerprint density at radius 1 is 1.08 bits per heavy atom. The highest BCUT2D eigenvalue weighted by molar-refractivity contribution is 9.10. The molecule has 0 saturated carbocycles. The van der Waals surface area contributed by atoms with Gasteiger partial charge in [0.2, 0.25) is 0 Å². The van der Waals surface area contributed by atoms with E-state index in [0.717, 1.165) is 21.3 Å². The number of nitrogens with one attached hydrogen (secondary N) is 2. The molecule has 5 nitrogen and oxygen atoms in total. The van der Waals surface area contributed by atoms with Gasteiger partial charge in [-0.05, 0) is 43.7 Å². The van der Waals surface area contributed by atoms with Gasteiger partial charge in [-0.3, -0.25) is 4.79 Å².